The predicted octanol–water partition coefficient (Wildman–Crippen LogP) is 4.51. The second kappa shape index (κ2) is 12.0. The second-order valence-electron chi connectivity index (χ2n) is 7.50. The van der Waals surface area contributed by atoms with E-state index in [1.54, 1.807) is 31.2 Å². The van der Waals surface area contributed by atoms with E-state index >= 15 is 0 Å². The Bertz CT molecular complexity index is 1140. The number of benzene rings is 2. The Morgan fingerprint density at radius 1 is 1.09 bits per heavy atom. The maximum atomic E-state index is 12.5. The van der Waals surface area contributed by atoms with Crippen molar-refractivity contribution in [3.63, 3.8) is 0 Å². The minimum Gasteiger partial charge on any atom is -0.462 e. The molecule has 1 heterocycles. The summed E-state index contributed by atoms with van der Waals surface area (Å²) in [6.07, 6.45) is 1.67. The number of hydrogen-bond donors (Lipinski definition) is 2. The van der Waals surface area contributed by atoms with Crippen molar-refractivity contribution in [1.82, 2.24) is 9.97 Å². The summed E-state index contributed by atoms with van der Waals surface area (Å²) in [6, 6.07) is 16.4. The summed E-state index contributed by atoms with van der Waals surface area (Å²) in [5.41, 5.74) is 2.61. The van der Waals surface area contributed by atoms with Gasteiger partial charge in [-0.2, -0.15) is 0 Å². The molecule has 0 saturated heterocycles. The van der Waals surface area contributed by atoms with Crippen LogP contribution in [0.2, 0.25) is 0 Å². The molecule has 0 atom stereocenters. The largest absolute Gasteiger partial charge is 0.462 e. The number of esters is 1. The highest BCUT2D eigenvalue weighted by atomic mass is 32.2. The van der Waals surface area contributed by atoms with Gasteiger partial charge in [-0.15, -0.1) is 0 Å². The lowest BCUT2D eigenvalue weighted by atomic mass is 10.1. The first-order valence-electron chi connectivity index (χ1n) is 10.8. The van der Waals surface area contributed by atoms with Gasteiger partial charge in [0.25, 0.3) is 5.56 Å². The molecule has 0 bridgehead atoms. The average molecular weight is 466 g/mol. The van der Waals surface area contributed by atoms with E-state index in [0.717, 1.165) is 18.4 Å². The number of rotatable bonds is 10. The Morgan fingerprint density at radius 2 is 1.82 bits per heavy atom. The van der Waals surface area contributed by atoms with Crippen molar-refractivity contribution in [2.75, 3.05) is 11.9 Å². The number of carbonyl (C=O) groups excluding carboxylic acids is 2. The number of aromatic nitrogens is 2. The third-order valence-electron chi connectivity index (χ3n) is 4.89. The maximum Gasteiger partial charge on any atom is 0.338 e. The third-order valence-corrected chi connectivity index (χ3v) is 5.84. The van der Waals surface area contributed by atoms with Gasteiger partial charge in [0, 0.05) is 22.7 Å². The monoisotopic (exact) mass is 465 g/mol. The van der Waals surface area contributed by atoms with Gasteiger partial charge in [-0.25, -0.2) is 9.78 Å². The number of H-pyrrole nitrogens is 1. The Balaban J connectivity index is 1.57. The zero-order chi connectivity index (χ0) is 23.6. The Kier molecular flexibility index (Phi) is 8.83. The topological polar surface area (TPSA) is 101 Å². The van der Waals surface area contributed by atoms with E-state index in [4.69, 9.17) is 4.74 Å². The quantitative estimate of drug-likeness (QED) is 0.198. The van der Waals surface area contributed by atoms with E-state index in [1.807, 2.05) is 37.3 Å². The van der Waals surface area contributed by atoms with Crippen LogP contribution in [0.25, 0.3) is 0 Å². The molecular weight excluding hydrogens is 438 g/mol. The van der Waals surface area contributed by atoms with E-state index in [1.165, 1.54) is 11.8 Å². The van der Waals surface area contributed by atoms with Crippen LogP contribution in [0.15, 0.2) is 64.5 Å². The highest BCUT2D eigenvalue weighted by molar-refractivity contribution is 7.98. The number of thioether (sulfide) groups is 1. The van der Waals surface area contributed by atoms with Gasteiger partial charge in [-0.05, 0) is 43.2 Å². The van der Waals surface area contributed by atoms with Crippen LogP contribution in [0.5, 0.6) is 0 Å². The van der Waals surface area contributed by atoms with Crippen LogP contribution < -0.4 is 10.9 Å². The molecule has 172 valence electrons. The minimum atomic E-state index is -0.389. The van der Waals surface area contributed by atoms with Crippen molar-refractivity contribution < 1.29 is 14.3 Å². The number of anilines is 1. The number of amides is 1. The van der Waals surface area contributed by atoms with Crippen molar-refractivity contribution >= 4 is 29.3 Å². The molecule has 0 unspecified atom stereocenters. The minimum absolute atomic E-state index is 0.0986. The Labute approximate surface area is 197 Å². The molecule has 1 amide bonds. The molecule has 33 heavy (non-hydrogen) atoms. The number of ether oxygens (including phenoxy) is 1. The standard InChI is InChI=1S/C25H27N3O4S/c1-3-4-14-32-24(31)19-10-12-20(13-11-19)27-22(29)15-21-17(2)26-25(28-23(21)30)33-16-18-8-6-5-7-9-18/h5-13H,3-4,14-16H2,1-2H3,(H,27,29)(H,26,28,30). The highest BCUT2D eigenvalue weighted by Crippen LogP contribution is 2.19. The fraction of sp³-hybridized carbons (Fsp3) is 0.280. The fourth-order valence-corrected chi connectivity index (χ4v) is 3.90. The molecule has 7 nitrogen and oxygen atoms in total. The Morgan fingerprint density at radius 3 is 2.48 bits per heavy atom. The predicted molar refractivity (Wildman–Crippen MR) is 130 cm³/mol. The lowest BCUT2D eigenvalue weighted by molar-refractivity contribution is -0.115. The lowest BCUT2D eigenvalue weighted by Crippen LogP contribution is -2.23. The maximum absolute atomic E-state index is 12.5. The normalized spacial score (nSPS) is 10.6. The number of nitrogens with zero attached hydrogens (tertiary/aromatic N) is 1. The Hall–Kier alpha value is -3.39. The summed E-state index contributed by atoms with van der Waals surface area (Å²) >= 11 is 1.44. The van der Waals surface area contributed by atoms with Crippen LogP contribution >= 0.6 is 11.8 Å². The van der Waals surface area contributed by atoms with Crippen LogP contribution in [0, 0.1) is 6.92 Å². The molecule has 0 fully saturated rings. The smallest absolute Gasteiger partial charge is 0.338 e. The highest BCUT2D eigenvalue weighted by Gasteiger charge is 2.14. The van der Waals surface area contributed by atoms with Crippen LogP contribution in [0.3, 0.4) is 0 Å². The van der Waals surface area contributed by atoms with Gasteiger partial charge in [0.15, 0.2) is 5.16 Å². The fourth-order valence-electron chi connectivity index (χ4n) is 3.04. The van der Waals surface area contributed by atoms with Gasteiger partial charge >= 0.3 is 5.97 Å². The molecule has 3 rings (SSSR count). The molecule has 3 aromatic rings. The summed E-state index contributed by atoms with van der Waals surface area (Å²) < 4.78 is 5.17. The molecule has 0 aliphatic rings. The molecule has 8 heteroatoms. The first-order valence-corrected chi connectivity index (χ1v) is 11.8. The number of aromatic amines is 1. The zero-order valence-electron chi connectivity index (χ0n) is 18.7. The third kappa shape index (κ3) is 7.32. The molecule has 2 aromatic carbocycles. The van der Waals surface area contributed by atoms with E-state index in [-0.39, 0.29) is 23.9 Å². The lowest BCUT2D eigenvalue weighted by Gasteiger charge is -2.09. The van der Waals surface area contributed by atoms with E-state index < -0.39 is 0 Å². The average Bonchev–Trinajstić information content (AvgIpc) is 2.81. The molecule has 0 spiro atoms. The van der Waals surface area contributed by atoms with E-state index in [2.05, 4.69) is 15.3 Å². The van der Waals surface area contributed by atoms with Crippen LogP contribution in [-0.4, -0.2) is 28.5 Å². The van der Waals surface area contributed by atoms with Crippen molar-refractivity contribution in [2.24, 2.45) is 0 Å². The number of unbranched alkanes of at least 4 members (excludes halogenated alkanes) is 1. The SMILES string of the molecule is CCCCOC(=O)c1ccc(NC(=O)Cc2c(C)nc(SCc3ccccc3)[nH]c2=O)cc1. The van der Waals surface area contributed by atoms with Crippen LogP contribution in [-0.2, 0) is 21.7 Å². The summed E-state index contributed by atoms with van der Waals surface area (Å²) in [4.78, 5) is 44.2. The van der Waals surface area contributed by atoms with Crippen LogP contribution in [0.4, 0.5) is 5.69 Å². The number of hydrogen-bond acceptors (Lipinski definition) is 6. The number of carbonyl (C=O) groups is 2. The molecule has 0 radical (unpaired) electrons. The number of nitrogens with one attached hydrogen (secondary N) is 2. The number of aryl methyl sites for hydroxylation is 1. The summed E-state index contributed by atoms with van der Waals surface area (Å²) in [5.74, 6) is -0.0429. The summed E-state index contributed by atoms with van der Waals surface area (Å²) in [7, 11) is 0. The zero-order valence-corrected chi connectivity index (χ0v) is 19.5. The van der Waals surface area contributed by atoms with Gasteiger partial charge < -0.3 is 15.0 Å². The van der Waals surface area contributed by atoms with Crippen molar-refractivity contribution in [3.05, 3.63) is 87.3 Å². The van der Waals surface area contributed by atoms with Crippen LogP contribution in [0.1, 0.15) is 46.9 Å². The van der Waals surface area contributed by atoms with Gasteiger partial charge in [0.05, 0.1) is 18.6 Å². The van der Waals surface area contributed by atoms with Gasteiger partial charge in [0.2, 0.25) is 5.91 Å². The van der Waals surface area contributed by atoms with Gasteiger partial charge in [-0.3, -0.25) is 9.59 Å². The van der Waals surface area contributed by atoms with Gasteiger partial charge in [0.1, 0.15) is 0 Å². The first-order chi connectivity index (χ1) is 16.0. The van der Waals surface area contributed by atoms with Gasteiger partial charge in [-0.1, -0.05) is 55.4 Å². The van der Waals surface area contributed by atoms with E-state index in [9.17, 15) is 14.4 Å². The molecule has 0 aliphatic heterocycles. The van der Waals surface area contributed by atoms with Crippen molar-refractivity contribution in [2.45, 2.75) is 44.0 Å². The first kappa shape index (κ1) is 24.3. The molecule has 2 N–H and O–H groups in total. The summed E-state index contributed by atoms with van der Waals surface area (Å²) in [5, 5.41) is 3.27. The van der Waals surface area contributed by atoms with Crippen molar-refractivity contribution in [3.8, 4) is 0 Å². The summed E-state index contributed by atoms with van der Waals surface area (Å²) in [6.45, 7) is 4.14. The molecule has 1 aromatic heterocycles. The second-order valence-corrected chi connectivity index (χ2v) is 8.47. The van der Waals surface area contributed by atoms with Crippen molar-refractivity contribution in [1.29, 1.82) is 0 Å². The molecular formula is C25H27N3O4S. The molecule has 0 aliphatic carbocycles. The molecule has 0 saturated carbocycles. The van der Waals surface area contributed by atoms with E-state index in [0.29, 0.717) is 40.0 Å².